The van der Waals surface area contributed by atoms with Crippen molar-refractivity contribution in [2.75, 3.05) is 79.9 Å². The number of rotatable bonds is 11. The predicted molar refractivity (Wildman–Crippen MR) is 105 cm³/mol. The van der Waals surface area contributed by atoms with Crippen molar-refractivity contribution in [3.63, 3.8) is 0 Å². The molecule has 0 aromatic carbocycles. The Morgan fingerprint density at radius 2 is 1.54 bits per heavy atom. The van der Waals surface area contributed by atoms with E-state index in [0.29, 0.717) is 39.4 Å². The van der Waals surface area contributed by atoms with E-state index in [0.717, 1.165) is 0 Å². The topological polar surface area (TPSA) is 101 Å². The van der Waals surface area contributed by atoms with Gasteiger partial charge in [0.1, 0.15) is 6.61 Å². The van der Waals surface area contributed by atoms with Gasteiger partial charge in [-0.1, -0.05) is 0 Å². The molecule has 11 heteroatoms. The van der Waals surface area contributed by atoms with E-state index in [2.05, 4.69) is 0 Å². The van der Waals surface area contributed by atoms with E-state index < -0.39 is 19.4 Å². The van der Waals surface area contributed by atoms with Crippen LogP contribution in [0.25, 0.3) is 0 Å². The van der Waals surface area contributed by atoms with Gasteiger partial charge in [-0.3, -0.25) is 4.57 Å². The minimum Gasteiger partial charge on any atom is -0.447 e. The third kappa shape index (κ3) is 8.73. The van der Waals surface area contributed by atoms with Crippen LogP contribution in [0.1, 0.15) is 20.8 Å². The van der Waals surface area contributed by atoms with E-state index in [9.17, 15) is 9.36 Å². The van der Waals surface area contributed by atoms with Crippen molar-refractivity contribution < 1.29 is 33.2 Å². The molecule has 1 heterocycles. The van der Waals surface area contributed by atoms with E-state index >= 15 is 0 Å². The van der Waals surface area contributed by atoms with Crippen LogP contribution in [-0.2, 0) is 23.3 Å². The summed E-state index contributed by atoms with van der Waals surface area (Å²) in [5, 5.41) is 8.57. The van der Waals surface area contributed by atoms with Gasteiger partial charge in [0.25, 0.3) is 0 Å². The Bertz CT molecular complexity index is 505. The summed E-state index contributed by atoms with van der Waals surface area (Å²) in [5.74, 6) is 0. The van der Waals surface area contributed by atoms with Crippen LogP contribution in [0.5, 0.6) is 0 Å². The lowest BCUT2D eigenvalue weighted by atomic mass is 10.2. The highest BCUT2D eigenvalue weighted by Crippen LogP contribution is 2.55. The molecule has 1 unspecified atom stereocenters. The number of aliphatic hydroxyl groups is 1. The van der Waals surface area contributed by atoms with Crippen molar-refractivity contribution in [3.8, 4) is 0 Å². The summed E-state index contributed by atoms with van der Waals surface area (Å²) < 4.78 is 38.2. The number of aliphatic hydroxyl groups excluding tert-OH is 1. The lowest BCUT2D eigenvalue weighted by Crippen LogP contribution is -2.49. The number of amides is 1. The van der Waals surface area contributed by atoms with Crippen LogP contribution in [0.2, 0.25) is 0 Å². The Balaban J connectivity index is 2.34. The normalized spacial score (nSPS) is 18.3. The number of hydrogen-bond donors (Lipinski definition) is 1. The van der Waals surface area contributed by atoms with Gasteiger partial charge in [-0.25, -0.2) is 14.1 Å². The van der Waals surface area contributed by atoms with Crippen LogP contribution in [0.3, 0.4) is 0 Å². The van der Waals surface area contributed by atoms with Gasteiger partial charge in [0.2, 0.25) is 0 Å². The molecular weight excluding hydrogens is 389 g/mol. The summed E-state index contributed by atoms with van der Waals surface area (Å²) in [6, 6.07) is 0. The molecule has 0 radical (unpaired) electrons. The molecule has 1 N–H and O–H groups in total. The second kappa shape index (κ2) is 12.1. The number of hydrogen-bond acceptors (Lipinski definition) is 7. The lowest BCUT2D eigenvalue weighted by Gasteiger charge is -2.42. The summed E-state index contributed by atoms with van der Waals surface area (Å²) in [5.41, 5.74) is -0.543. The Kier molecular flexibility index (Phi) is 10.9. The highest BCUT2D eigenvalue weighted by atomic mass is 31.2. The van der Waals surface area contributed by atoms with E-state index in [1.165, 1.54) is 0 Å². The van der Waals surface area contributed by atoms with E-state index in [1.54, 1.807) is 28.3 Å². The van der Waals surface area contributed by atoms with Crippen LogP contribution in [-0.4, -0.2) is 111 Å². The van der Waals surface area contributed by atoms with Crippen molar-refractivity contribution in [2.24, 2.45) is 0 Å². The monoisotopic (exact) mass is 425 g/mol. The second-order valence-electron chi connectivity index (χ2n) is 7.54. The van der Waals surface area contributed by atoms with Crippen molar-refractivity contribution in [1.82, 2.24) is 14.2 Å². The van der Waals surface area contributed by atoms with E-state index in [4.69, 9.17) is 23.8 Å². The van der Waals surface area contributed by atoms with Crippen LogP contribution < -0.4 is 0 Å². The molecule has 1 amide bonds. The van der Waals surface area contributed by atoms with Crippen LogP contribution >= 0.6 is 7.67 Å². The molecule has 0 aromatic heterocycles. The third-order valence-electron chi connectivity index (χ3n) is 3.83. The van der Waals surface area contributed by atoms with Gasteiger partial charge in [-0.2, -0.15) is 0 Å². The van der Waals surface area contributed by atoms with Gasteiger partial charge in [0.15, 0.2) is 0 Å². The Hall–Kier alpha value is -0.740. The number of piperazine rings is 1. The summed E-state index contributed by atoms with van der Waals surface area (Å²) in [6.07, 6.45) is -0.406. The molecule has 1 aliphatic rings. The zero-order chi connectivity index (χ0) is 21.2. The highest BCUT2D eigenvalue weighted by molar-refractivity contribution is 7.53. The molecule has 166 valence electrons. The average Bonchev–Trinajstić information content (AvgIpc) is 2.62. The van der Waals surface area contributed by atoms with Crippen molar-refractivity contribution in [2.45, 2.75) is 26.4 Å². The van der Waals surface area contributed by atoms with Gasteiger partial charge in [-0.05, 0) is 34.9 Å². The second-order valence-corrected chi connectivity index (χ2v) is 10.1. The van der Waals surface area contributed by atoms with Gasteiger partial charge >= 0.3 is 13.8 Å². The minimum atomic E-state index is -3.15. The molecule has 0 aliphatic carbocycles. The minimum absolute atomic E-state index is 0.0167. The fourth-order valence-corrected chi connectivity index (χ4v) is 4.73. The quantitative estimate of drug-likeness (QED) is 0.387. The zero-order valence-electron chi connectivity index (χ0n) is 17.8. The van der Waals surface area contributed by atoms with Crippen molar-refractivity contribution in [3.05, 3.63) is 0 Å². The number of carbonyl (C=O) groups excluding carboxylic acids is 1. The van der Waals surface area contributed by atoms with Gasteiger partial charge in [0.05, 0.1) is 38.6 Å². The number of nitrogens with zero attached hydrogens (tertiary/aromatic N) is 3. The molecule has 28 heavy (non-hydrogen) atoms. The van der Waals surface area contributed by atoms with Crippen LogP contribution in [0.15, 0.2) is 0 Å². The van der Waals surface area contributed by atoms with Crippen molar-refractivity contribution >= 4 is 13.8 Å². The molecular formula is C17H36N3O7P. The standard InChI is InChI=1S/C17H36N3O7P/c1-17(2,3)27-28(23,18(4)5)20-8-6-19(7-9-20)16(22)26-15-14-25-13-12-24-11-10-21/h21H,6-15H2,1-5H3. The van der Waals surface area contributed by atoms with Crippen LogP contribution in [0.4, 0.5) is 4.79 Å². The summed E-state index contributed by atoms with van der Waals surface area (Å²) in [4.78, 5) is 13.8. The molecule has 1 aliphatic heterocycles. The first-order valence-electron chi connectivity index (χ1n) is 9.52. The molecule has 0 saturated carbocycles. The maximum absolute atomic E-state index is 13.4. The molecule has 1 saturated heterocycles. The maximum atomic E-state index is 13.4. The van der Waals surface area contributed by atoms with Gasteiger partial charge < -0.3 is 28.7 Å². The largest absolute Gasteiger partial charge is 0.447 e. The third-order valence-corrected chi connectivity index (χ3v) is 6.74. The van der Waals surface area contributed by atoms with Crippen LogP contribution in [0, 0.1) is 0 Å². The Morgan fingerprint density at radius 3 is 2.04 bits per heavy atom. The Morgan fingerprint density at radius 1 is 1.00 bits per heavy atom. The molecule has 0 spiro atoms. The smallest absolute Gasteiger partial charge is 0.409 e. The average molecular weight is 425 g/mol. The maximum Gasteiger partial charge on any atom is 0.409 e. The zero-order valence-corrected chi connectivity index (χ0v) is 18.7. The van der Waals surface area contributed by atoms with E-state index in [-0.39, 0.29) is 26.4 Å². The van der Waals surface area contributed by atoms with E-state index in [1.807, 2.05) is 20.8 Å². The lowest BCUT2D eigenvalue weighted by molar-refractivity contribution is 0.0123. The molecule has 1 atom stereocenters. The summed E-state index contributed by atoms with van der Waals surface area (Å²) in [6.45, 7) is 8.81. The van der Waals surface area contributed by atoms with Gasteiger partial charge in [-0.15, -0.1) is 0 Å². The van der Waals surface area contributed by atoms with Crippen molar-refractivity contribution in [1.29, 1.82) is 0 Å². The summed E-state index contributed by atoms with van der Waals surface area (Å²) >= 11 is 0. The first kappa shape index (κ1) is 25.3. The number of ether oxygens (including phenoxy) is 3. The fraction of sp³-hybridized carbons (Fsp3) is 0.941. The Labute approximate surface area is 168 Å². The highest BCUT2D eigenvalue weighted by Gasteiger charge is 2.40. The number of carbonyl (C=O) groups is 1. The SMILES string of the molecule is CN(C)P(=O)(OC(C)(C)C)N1CCN(C(=O)OCCOCCOCCO)CC1. The molecule has 0 aromatic rings. The fourth-order valence-electron chi connectivity index (χ4n) is 2.55. The first-order chi connectivity index (χ1) is 13.1. The first-order valence-corrected chi connectivity index (χ1v) is 11.1. The molecule has 10 nitrogen and oxygen atoms in total. The van der Waals surface area contributed by atoms with Gasteiger partial charge in [0, 0.05) is 26.2 Å². The summed E-state index contributed by atoms with van der Waals surface area (Å²) in [7, 11) is 0.330. The predicted octanol–water partition coefficient (Wildman–Crippen LogP) is 1.25. The molecule has 0 bridgehead atoms. The molecule has 1 rings (SSSR count). The molecule has 1 fully saturated rings.